The zero-order chi connectivity index (χ0) is 20.2. The molecule has 0 bridgehead atoms. The van der Waals surface area contributed by atoms with Crippen molar-refractivity contribution >= 4 is 5.91 Å². The summed E-state index contributed by atoms with van der Waals surface area (Å²) in [6.07, 6.45) is 22.3. The van der Waals surface area contributed by atoms with Crippen LogP contribution in [0.1, 0.15) is 116 Å². The number of carbonyl (C=O) groups is 1. The Bertz CT molecular complexity index is 329. The second-order valence-corrected chi connectivity index (χ2v) is 9.42. The molecule has 0 unspecified atom stereocenters. The molecule has 1 amide bonds. The lowest BCUT2D eigenvalue weighted by molar-refractivity contribution is -0.870. The summed E-state index contributed by atoms with van der Waals surface area (Å²) in [5.41, 5.74) is 0. The fourth-order valence-corrected chi connectivity index (χ4v) is 3.53. The topological polar surface area (TPSA) is 29.1 Å². The smallest absolute Gasteiger partial charge is 0.219 e. The van der Waals surface area contributed by atoms with Gasteiger partial charge in [-0.3, -0.25) is 4.79 Å². The Labute approximate surface area is 183 Å². The van der Waals surface area contributed by atoms with Crippen molar-refractivity contribution in [2.24, 2.45) is 0 Å². The first-order valence-electron chi connectivity index (χ1n) is 12.0. The summed E-state index contributed by atoms with van der Waals surface area (Å²) in [7, 11) is 6.58. The molecule has 0 radical (unpaired) electrons. The molecular weight excluding hydrogens is 368 g/mol. The average Bonchev–Trinajstić information content (AvgIpc) is 2.61. The van der Waals surface area contributed by atoms with E-state index in [1.54, 1.807) is 0 Å². The van der Waals surface area contributed by atoms with Gasteiger partial charge in [0.25, 0.3) is 0 Å². The zero-order valence-corrected chi connectivity index (χ0v) is 20.4. The van der Waals surface area contributed by atoms with Crippen molar-refractivity contribution in [2.45, 2.75) is 116 Å². The number of nitrogens with zero attached hydrogens (tertiary/aromatic N) is 1. The summed E-state index contributed by atoms with van der Waals surface area (Å²) in [6.45, 7) is 4.22. The highest BCUT2D eigenvalue weighted by molar-refractivity contribution is 5.75. The molecule has 0 aliphatic heterocycles. The molecule has 4 heteroatoms. The van der Waals surface area contributed by atoms with E-state index in [1.807, 2.05) is 0 Å². The Hall–Kier alpha value is -0.280. The minimum atomic E-state index is 0. The van der Waals surface area contributed by atoms with Crippen LogP contribution in [0.4, 0.5) is 0 Å². The third kappa shape index (κ3) is 25.7. The Morgan fingerprint density at radius 1 is 0.643 bits per heavy atom. The van der Waals surface area contributed by atoms with E-state index in [2.05, 4.69) is 33.4 Å². The van der Waals surface area contributed by atoms with Crippen LogP contribution in [-0.2, 0) is 4.79 Å². The summed E-state index contributed by atoms with van der Waals surface area (Å²) in [6, 6.07) is 0. The number of hydrogen-bond acceptors (Lipinski definition) is 1. The standard InChI is InChI=1S/C24H50N2O.ClH/c1-5-6-7-8-9-10-11-12-13-14-15-16-17-18-19-21-24(27)25-22-20-23-26(2,3)4;/h5-23H2,1-4H3;1H. The predicted octanol–water partition coefficient (Wildman–Crippen LogP) is 3.46. The number of hydrogen-bond donors (Lipinski definition) is 1. The number of amides is 1. The predicted molar refractivity (Wildman–Crippen MR) is 120 cm³/mol. The molecule has 0 aromatic rings. The van der Waals surface area contributed by atoms with Crippen LogP contribution in [-0.4, -0.2) is 44.6 Å². The minimum absolute atomic E-state index is 0. The summed E-state index contributed by atoms with van der Waals surface area (Å²) in [4.78, 5) is 11.8. The lowest BCUT2D eigenvalue weighted by atomic mass is 10.0. The third-order valence-corrected chi connectivity index (χ3v) is 5.34. The Balaban J connectivity index is 0. The van der Waals surface area contributed by atoms with E-state index in [1.165, 1.54) is 89.9 Å². The van der Waals surface area contributed by atoms with Crippen LogP contribution in [0, 0.1) is 0 Å². The van der Waals surface area contributed by atoms with Gasteiger partial charge in [-0.05, 0) is 6.42 Å². The molecule has 3 nitrogen and oxygen atoms in total. The molecule has 0 aromatic heterocycles. The number of rotatable bonds is 20. The monoisotopic (exact) mass is 418 g/mol. The maximum absolute atomic E-state index is 11.8. The van der Waals surface area contributed by atoms with E-state index < -0.39 is 0 Å². The largest absolute Gasteiger partial charge is 1.00 e. The second kappa shape index (κ2) is 21.4. The van der Waals surface area contributed by atoms with Gasteiger partial charge in [0.05, 0.1) is 27.7 Å². The molecule has 0 saturated heterocycles. The highest BCUT2D eigenvalue weighted by Gasteiger charge is 2.06. The average molecular weight is 419 g/mol. The highest BCUT2D eigenvalue weighted by atomic mass is 35.5. The Kier molecular flexibility index (Phi) is 22.9. The van der Waals surface area contributed by atoms with Crippen molar-refractivity contribution in [3.05, 3.63) is 0 Å². The van der Waals surface area contributed by atoms with Gasteiger partial charge in [0.1, 0.15) is 0 Å². The van der Waals surface area contributed by atoms with Crippen LogP contribution in [0.2, 0.25) is 0 Å². The minimum Gasteiger partial charge on any atom is -1.00 e. The van der Waals surface area contributed by atoms with Crippen LogP contribution in [0.25, 0.3) is 0 Å². The summed E-state index contributed by atoms with van der Waals surface area (Å²) < 4.78 is 0.967. The molecule has 0 aliphatic rings. The van der Waals surface area contributed by atoms with Crippen LogP contribution in [0.5, 0.6) is 0 Å². The van der Waals surface area contributed by atoms with E-state index >= 15 is 0 Å². The van der Waals surface area contributed by atoms with Gasteiger partial charge in [-0.15, -0.1) is 0 Å². The highest BCUT2D eigenvalue weighted by Crippen LogP contribution is 2.13. The Morgan fingerprint density at radius 2 is 1.04 bits per heavy atom. The van der Waals surface area contributed by atoms with E-state index in [9.17, 15) is 4.79 Å². The number of halogens is 1. The lowest BCUT2D eigenvalue weighted by Crippen LogP contribution is -3.00. The first-order valence-corrected chi connectivity index (χ1v) is 12.0. The number of quaternary nitrogens is 1. The molecule has 1 N–H and O–H groups in total. The first kappa shape index (κ1) is 29.9. The van der Waals surface area contributed by atoms with Crippen LogP contribution >= 0.6 is 0 Å². The zero-order valence-electron chi connectivity index (χ0n) is 19.7. The van der Waals surface area contributed by atoms with E-state index in [0.717, 1.165) is 30.4 Å². The molecule has 0 saturated carbocycles. The number of nitrogens with one attached hydrogen (secondary N) is 1. The third-order valence-electron chi connectivity index (χ3n) is 5.34. The van der Waals surface area contributed by atoms with Gasteiger partial charge in [0.15, 0.2) is 0 Å². The molecule has 0 atom stereocenters. The van der Waals surface area contributed by atoms with Crippen LogP contribution < -0.4 is 17.7 Å². The van der Waals surface area contributed by atoms with E-state index in [0.29, 0.717) is 6.42 Å². The second-order valence-electron chi connectivity index (χ2n) is 9.42. The summed E-state index contributed by atoms with van der Waals surface area (Å²) >= 11 is 0. The van der Waals surface area contributed by atoms with Gasteiger partial charge in [0.2, 0.25) is 5.91 Å². The molecule has 0 heterocycles. The molecule has 0 fully saturated rings. The molecule has 28 heavy (non-hydrogen) atoms. The van der Waals surface area contributed by atoms with Crippen molar-refractivity contribution in [1.82, 2.24) is 5.32 Å². The number of unbranched alkanes of at least 4 members (excludes halogenated alkanes) is 14. The number of carbonyl (C=O) groups excluding carboxylic acids is 1. The van der Waals surface area contributed by atoms with Crippen LogP contribution in [0.15, 0.2) is 0 Å². The maximum atomic E-state index is 11.8. The van der Waals surface area contributed by atoms with Gasteiger partial charge in [0, 0.05) is 19.4 Å². The molecule has 0 aliphatic carbocycles. The van der Waals surface area contributed by atoms with Crippen molar-refractivity contribution in [1.29, 1.82) is 0 Å². The Morgan fingerprint density at radius 3 is 1.43 bits per heavy atom. The van der Waals surface area contributed by atoms with Gasteiger partial charge in [-0.1, -0.05) is 96.8 Å². The molecule has 0 spiro atoms. The van der Waals surface area contributed by atoms with Crippen molar-refractivity contribution in [3.8, 4) is 0 Å². The van der Waals surface area contributed by atoms with Gasteiger partial charge in [-0.2, -0.15) is 0 Å². The van der Waals surface area contributed by atoms with Gasteiger partial charge < -0.3 is 22.2 Å². The molecule has 0 aromatic carbocycles. The molecule has 170 valence electrons. The molecular formula is C24H51ClN2O. The van der Waals surface area contributed by atoms with Gasteiger partial charge >= 0.3 is 0 Å². The maximum Gasteiger partial charge on any atom is 0.219 e. The molecule has 0 rings (SSSR count). The lowest BCUT2D eigenvalue weighted by Gasteiger charge is -2.23. The van der Waals surface area contributed by atoms with E-state index in [-0.39, 0.29) is 18.3 Å². The van der Waals surface area contributed by atoms with E-state index in [4.69, 9.17) is 0 Å². The summed E-state index contributed by atoms with van der Waals surface area (Å²) in [5.74, 6) is 0.242. The first-order chi connectivity index (χ1) is 13.0. The normalized spacial score (nSPS) is 11.3. The van der Waals surface area contributed by atoms with Crippen molar-refractivity contribution < 1.29 is 21.7 Å². The van der Waals surface area contributed by atoms with Gasteiger partial charge in [-0.25, -0.2) is 0 Å². The van der Waals surface area contributed by atoms with Crippen molar-refractivity contribution in [3.63, 3.8) is 0 Å². The fraction of sp³-hybridized carbons (Fsp3) is 0.958. The SMILES string of the molecule is CCCCCCCCCCCCCCCCCC(=O)NCCC[N+](C)(C)C.[Cl-]. The van der Waals surface area contributed by atoms with Crippen LogP contribution in [0.3, 0.4) is 0 Å². The summed E-state index contributed by atoms with van der Waals surface area (Å²) in [5, 5.41) is 3.06. The van der Waals surface area contributed by atoms with Crippen molar-refractivity contribution in [2.75, 3.05) is 34.2 Å². The fourth-order valence-electron chi connectivity index (χ4n) is 3.53. The quantitative estimate of drug-likeness (QED) is 0.238.